The Hall–Kier alpha value is -1.82. The highest BCUT2D eigenvalue weighted by atomic mass is 32.2. The number of carbonyl (C=O) groups is 1. The topological polar surface area (TPSA) is 74.0 Å². The van der Waals surface area contributed by atoms with Gasteiger partial charge in [-0.15, -0.1) is 5.10 Å². The first-order valence-corrected chi connectivity index (χ1v) is 5.55. The van der Waals surface area contributed by atoms with Gasteiger partial charge in [-0.3, -0.25) is 4.79 Å². The lowest BCUT2D eigenvalue weighted by Crippen LogP contribution is -2.25. The fourth-order valence-electron chi connectivity index (χ4n) is 1.06. The Morgan fingerprint density at radius 2 is 2.19 bits per heavy atom. The second-order valence-corrected chi connectivity index (χ2v) is 4.01. The summed E-state index contributed by atoms with van der Waals surface area (Å²) in [7, 11) is 0. The molecule has 1 amide bonds. The molecule has 6 heteroatoms. The number of phenolic OH excluding ortho intramolecular Hbond substituents is 1. The molecule has 0 fully saturated rings. The van der Waals surface area contributed by atoms with Crippen LogP contribution in [0.2, 0.25) is 0 Å². The van der Waals surface area contributed by atoms with Gasteiger partial charge in [0.05, 0.1) is 5.75 Å². The summed E-state index contributed by atoms with van der Waals surface area (Å²) in [5, 5.41) is 13.4. The summed E-state index contributed by atoms with van der Waals surface area (Å²) in [5.41, 5.74) is 3.21. The van der Waals surface area contributed by atoms with Gasteiger partial charge in [0.15, 0.2) is 0 Å². The Balaban J connectivity index is 2.04. The number of benzene rings is 1. The third kappa shape index (κ3) is 2.83. The van der Waals surface area contributed by atoms with E-state index in [1.54, 1.807) is 30.5 Å². The molecule has 1 aliphatic heterocycles. The number of hydrazone groups is 1. The first-order valence-electron chi connectivity index (χ1n) is 4.56. The molecule has 0 saturated carbocycles. The number of phenols is 1. The van der Waals surface area contributed by atoms with Crippen LogP contribution in [0.3, 0.4) is 0 Å². The number of hydrogen-bond acceptors (Lipinski definition) is 5. The van der Waals surface area contributed by atoms with Gasteiger partial charge in [0.25, 0.3) is 5.91 Å². The van der Waals surface area contributed by atoms with E-state index < -0.39 is 0 Å². The van der Waals surface area contributed by atoms with Crippen LogP contribution in [0.4, 0.5) is 0 Å². The molecule has 1 heterocycles. The molecule has 0 atom stereocenters. The van der Waals surface area contributed by atoms with Crippen molar-refractivity contribution in [3.63, 3.8) is 0 Å². The summed E-state index contributed by atoms with van der Waals surface area (Å²) in [6.07, 6.45) is 1.63. The predicted molar refractivity (Wildman–Crippen MR) is 63.7 cm³/mol. The van der Waals surface area contributed by atoms with E-state index in [0.29, 0.717) is 10.9 Å². The molecule has 2 rings (SSSR count). The highest BCUT2D eigenvalue weighted by molar-refractivity contribution is 8.14. The van der Waals surface area contributed by atoms with Crippen LogP contribution < -0.4 is 5.43 Å². The van der Waals surface area contributed by atoms with E-state index in [1.807, 2.05) is 0 Å². The van der Waals surface area contributed by atoms with Crippen molar-refractivity contribution in [1.29, 1.82) is 0 Å². The van der Waals surface area contributed by atoms with Crippen molar-refractivity contribution in [2.45, 2.75) is 0 Å². The zero-order valence-electron chi connectivity index (χ0n) is 8.25. The molecule has 1 aromatic rings. The molecule has 16 heavy (non-hydrogen) atoms. The zero-order valence-corrected chi connectivity index (χ0v) is 9.07. The molecule has 2 N–H and O–H groups in total. The predicted octanol–water partition coefficient (Wildman–Crippen LogP) is 0.945. The SMILES string of the molecule is O=C1CSC(/N=C/c2ccc(O)cc2)=NN1. The lowest BCUT2D eigenvalue weighted by molar-refractivity contribution is -0.118. The molecule has 1 aromatic carbocycles. The normalized spacial score (nSPS) is 16.0. The minimum Gasteiger partial charge on any atom is -0.508 e. The first kappa shape index (κ1) is 10.7. The summed E-state index contributed by atoms with van der Waals surface area (Å²) in [4.78, 5) is 14.9. The maximum atomic E-state index is 10.8. The maximum absolute atomic E-state index is 10.8. The number of amidine groups is 1. The highest BCUT2D eigenvalue weighted by Crippen LogP contribution is 2.10. The largest absolute Gasteiger partial charge is 0.508 e. The van der Waals surface area contributed by atoms with E-state index in [4.69, 9.17) is 5.11 Å². The smallest absolute Gasteiger partial charge is 0.250 e. The van der Waals surface area contributed by atoms with Gasteiger partial charge in [0.2, 0.25) is 5.17 Å². The number of aromatic hydroxyl groups is 1. The molecule has 1 aliphatic rings. The number of nitrogens with zero attached hydrogens (tertiary/aromatic N) is 2. The van der Waals surface area contributed by atoms with E-state index >= 15 is 0 Å². The molecule has 5 nitrogen and oxygen atoms in total. The van der Waals surface area contributed by atoms with Crippen LogP contribution in [0.1, 0.15) is 5.56 Å². The van der Waals surface area contributed by atoms with Gasteiger partial charge >= 0.3 is 0 Å². The van der Waals surface area contributed by atoms with E-state index in [9.17, 15) is 4.79 Å². The lowest BCUT2D eigenvalue weighted by atomic mass is 10.2. The van der Waals surface area contributed by atoms with E-state index in [2.05, 4.69) is 15.5 Å². The van der Waals surface area contributed by atoms with Gasteiger partial charge in [-0.1, -0.05) is 11.8 Å². The zero-order chi connectivity index (χ0) is 11.4. The van der Waals surface area contributed by atoms with Crippen LogP contribution in [0.5, 0.6) is 5.75 Å². The summed E-state index contributed by atoms with van der Waals surface area (Å²) >= 11 is 1.28. The second kappa shape index (κ2) is 4.80. The van der Waals surface area contributed by atoms with Crippen molar-refractivity contribution in [2.75, 3.05) is 5.75 Å². The fourth-order valence-corrected chi connectivity index (χ4v) is 1.62. The number of carbonyl (C=O) groups excluding carboxylic acids is 1. The molecule has 82 valence electrons. The number of nitrogens with one attached hydrogen (secondary N) is 1. The minimum absolute atomic E-state index is 0.117. The van der Waals surface area contributed by atoms with Crippen molar-refractivity contribution >= 4 is 29.1 Å². The van der Waals surface area contributed by atoms with Crippen molar-refractivity contribution in [2.24, 2.45) is 10.1 Å². The van der Waals surface area contributed by atoms with E-state index in [0.717, 1.165) is 5.56 Å². The number of thioether (sulfide) groups is 1. The molecule has 0 spiro atoms. The molecular formula is C10H9N3O2S. The van der Waals surface area contributed by atoms with E-state index in [-0.39, 0.29) is 11.7 Å². The minimum atomic E-state index is -0.117. The Bertz CT molecular complexity index is 454. The van der Waals surface area contributed by atoms with Crippen LogP contribution in [-0.2, 0) is 4.79 Å². The quantitative estimate of drug-likeness (QED) is 0.711. The maximum Gasteiger partial charge on any atom is 0.250 e. The van der Waals surface area contributed by atoms with Crippen LogP contribution in [0.15, 0.2) is 34.4 Å². The molecule has 0 unspecified atom stereocenters. The Morgan fingerprint density at radius 1 is 1.44 bits per heavy atom. The van der Waals surface area contributed by atoms with Crippen LogP contribution in [-0.4, -0.2) is 28.1 Å². The summed E-state index contributed by atoms with van der Waals surface area (Å²) < 4.78 is 0. The van der Waals surface area contributed by atoms with Gasteiger partial charge in [-0.25, -0.2) is 10.4 Å². The van der Waals surface area contributed by atoms with Gasteiger partial charge in [0.1, 0.15) is 5.75 Å². The molecular weight excluding hydrogens is 226 g/mol. The number of rotatable bonds is 1. The fraction of sp³-hybridized carbons (Fsp3) is 0.100. The third-order valence-electron chi connectivity index (χ3n) is 1.83. The van der Waals surface area contributed by atoms with Crippen LogP contribution >= 0.6 is 11.8 Å². The lowest BCUT2D eigenvalue weighted by Gasteiger charge is -2.06. The number of hydrogen-bond donors (Lipinski definition) is 2. The number of amides is 1. The summed E-state index contributed by atoms with van der Waals surface area (Å²) in [6, 6.07) is 6.65. The van der Waals surface area contributed by atoms with Gasteiger partial charge in [0, 0.05) is 6.21 Å². The Kier molecular flexibility index (Phi) is 3.21. The highest BCUT2D eigenvalue weighted by Gasteiger charge is 2.10. The first-order chi connectivity index (χ1) is 7.74. The molecule has 0 radical (unpaired) electrons. The van der Waals surface area contributed by atoms with Crippen LogP contribution in [0.25, 0.3) is 0 Å². The third-order valence-corrected chi connectivity index (χ3v) is 2.69. The van der Waals surface area contributed by atoms with Crippen molar-refractivity contribution in [3.8, 4) is 5.75 Å². The Labute approximate surface area is 96.3 Å². The molecule has 0 aliphatic carbocycles. The summed E-state index contributed by atoms with van der Waals surface area (Å²) in [6.45, 7) is 0. The molecule has 0 saturated heterocycles. The second-order valence-electron chi connectivity index (χ2n) is 3.07. The molecule has 0 bridgehead atoms. The monoisotopic (exact) mass is 235 g/mol. The van der Waals surface area contributed by atoms with Crippen molar-refractivity contribution < 1.29 is 9.90 Å². The van der Waals surface area contributed by atoms with Crippen molar-refractivity contribution in [3.05, 3.63) is 29.8 Å². The molecule has 0 aromatic heterocycles. The number of aliphatic imine (C=N–C) groups is 1. The van der Waals surface area contributed by atoms with Gasteiger partial charge in [-0.2, -0.15) is 0 Å². The average Bonchev–Trinajstić information content (AvgIpc) is 2.30. The van der Waals surface area contributed by atoms with E-state index in [1.165, 1.54) is 11.8 Å². The van der Waals surface area contributed by atoms with Crippen LogP contribution in [0, 0.1) is 0 Å². The Morgan fingerprint density at radius 3 is 2.81 bits per heavy atom. The van der Waals surface area contributed by atoms with Gasteiger partial charge < -0.3 is 5.11 Å². The summed E-state index contributed by atoms with van der Waals surface area (Å²) in [5.74, 6) is 0.438. The van der Waals surface area contributed by atoms with Gasteiger partial charge in [-0.05, 0) is 29.8 Å². The standard InChI is InChI=1S/C10H9N3O2S/c14-8-3-1-7(2-4-8)5-11-10-13-12-9(15)6-16-10/h1-5,14H,6H2,(H,12,15)/b11-5+. The average molecular weight is 235 g/mol. The van der Waals surface area contributed by atoms with Crippen molar-refractivity contribution in [1.82, 2.24) is 5.43 Å².